The lowest BCUT2D eigenvalue weighted by molar-refractivity contribution is 0.515. The predicted molar refractivity (Wildman–Crippen MR) is 111 cm³/mol. The first-order chi connectivity index (χ1) is 11.3. The highest BCUT2D eigenvalue weighted by Crippen LogP contribution is 2.13. The zero-order valence-corrected chi connectivity index (χ0v) is 16.9. The van der Waals surface area contributed by atoms with E-state index in [1.54, 1.807) is 0 Å². The summed E-state index contributed by atoms with van der Waals surface area (Å²) in [5, 5.41) is 3.63. The molecular weight excluding hydrogens is 314 g/mol. The van der Waals surface area contributed by atoms with Gasteiger partial charge in [-0.3, -0.25) is 0 Å². The van der Waals surface area contributed by atoms with Crippen LogP contribution in [-0.2, 0) is 0 Å². The minimum absolute atomic E-state index is 0. The summed E-state index contributed by atoms with van der Waals surface area (Å²) >= 11 is 0. The molecule has 0 aliphatic carbocycles. The van der Waals surface area contributed by atoms with E-state index >= 15 is 0 Å². The first-order valence-corrected chi connectivity index (χ1v) is 10.1. The molecule has 2 heteroatoms. The average Bonchev–Trinajstić information content (AvgIpc) is 2.59. The molecule has 0 aliphatic rings. The molecule has 1 N–H and O–H groups in total. The maximum Gasteiger partial charge on any atom is 0.0291 e. The van der Waals surface area contributed by atoms with Crippen molar-refractivity contribution in [2.24, 2.45) is 0 Å². The summed E-state index contributed by atoms with van der Waals surface area (Å²) in [6.07, 6.45) is 17.1. The highest BCUT2D eigenvalue weighted by Gasteiger charge is 2.02. The molecule has 1 unspecified atom stereocenters. The van der Waals surface area contributed by atoms with Crippen molar-refractivity contribution in [1.82, 2.24) is 5.32 Å². The van der Waals surface area contributed by atoms with E-state index in [2.05, 4.69) is 49.5 Å². The van der Waals surface area contributed by atoms with Crippen LogP contribution in [0.2, 0.25) is 0 Å². The zero-order chi connectivity index (χ0) is 16.6. The molecule has 0 spiro atoms. The summed E-state index contributed by atoms with van der Waals surface area (Å²) < 4.78 is 0. The monoisotopic (exact) mass is 353 g/mol. The first-order valence-electron chi connectivity index (χ1n) is 10.1. The quantitative estimate of drug-likeness (QED) is 0.322. The lowest BCUT2D eigenvalue weighted by atomic mass is 10.1. The van der Waals surface area contributed by atoms with E-state index in [0.29, 0.717) is 6.04 Å². The summed E-state index contributed by atoms with van der Waals surface area (Å²) in [5.41, 5.74) is 1.39. The molecule has 0 heterocycles. The van der Waals surface area contributed by atoms with Crippen LogP contribution in [0.5, 0.6) is 0 Å². The molecule has 0 radical (unpaired) electrons. The normalized spacial score (nSPS) is 11.9. The summed E-state index contributed by atoms with van der Waals surface area (Å²) in [4.78, 5) is 0. The van der Waals surface area contributed by atoms with Crippen molar-refractivity contribution in [2.75, 3.05) is 6.54 Å². The van der Waals surface area contributed by atoms with Crippen LogP contribution in [0.15, 0.2) is 30.3 Å². The van der Waals surface area contributed by atoms with Crippen molar-refractivity contribution >= 4 is 12.4 Å². The third-order valence-electron chi connectivity index (χ3n) is 4.78. The number of hydrogen-bond donors (Lipinski definition) is 1. The second kappa shape index (κ2) is 17.3. The largest absolute Gasteiger partial charge is 0.310 e. The highest BCUT2D eigenvalue weighted by molar-refractivity contribution is 5.85. The molecule has 0 saturated heterocycles. The van der Waals surface area contributed by atoms with Crippen LogP contribution in [0.4, 0.5) is 0 Å². The first kappa shape index (κ1) is 23.5. The van der Waals surface area contributed by atoms with Gasteiger partial charge in [-0.05, 0) is 25.5 Å². The van der Waals surface area contributed by atoms with Gasteiger partial charge in [-0.2, -0.15) is 0 Å². The van der Waals surface area contributed by atoms with Gasteiger partial charge in [0.25, 0.3) is 0 Å². The zero-order valence-electron chi connectivity index (χ0n) is 16.1. The van der Waals surface area contributed by atoms with Gasteiger partial charge in [0, 0.05) is 6.04 Å². The van der Waals surface area contributed by atoms with Crippen LogP contribution in [0.1, 0.15) is 103 Å². The standard InChI is InChI=1S/C22H39N.ClH/c1-3-4-5-6-7-8-9-10-11-12-13-17-20-23-21(2)22-18-15-14-16-19-22;/h14-16,18-19,21,23H,3-13,17,20H2,1-2H3;1H. The third kappa shape index (κ3) is 12.8. The van der Waals surface area contributed by atoms with Crippen LogP contribution < -0.4 is 5.32 Å². The maximum atomic E-state index is 3.63. The van der Waals surface area contributed by atoms with Gasteiger partial charge >= 0.3 is 0 Å². The van der Waals surface area contributed by atoms with E-state index in [9.17, 15) is 0 Å². The highest BCUT2D eigenvalue weighted by atomic mass is 35.5. The van der Waals surface area contributed by atoms with Gasteiger partial charge in [-0.25, -0.2) is 0 Å². The smallest absolute Gasteiger partial charge is 0.0291 e. The Morgan fingerprint density at radius 2 is 1.17 bits per heavy atom. The summed E-state index contributed by atoms with van der Waals surface area (Å²) in [7, 11) is 0. The summed E-state index contributed by atoms with van der Waals surface area (Å²) in [6.45, 7) is 5.70. The van der Waals surface area contributed by atoms with Crippen molar-refractivity contribution < 1.29 is 0 Å². The fraction of sp³-hybridized carbons (Fsp3) is 0.727. The number of rotatable bonds is 15. The molecule has 0 aromatic heterocycles. The Balaban J connectivity index is 0.00000529. The molecule has 24 heavy (non-hydrogen) atoms. The van der Waals surface area contributed by atoms with E-state index in [4.69, 9.17) is 0 Å². The van der Waals surface area contributed by atoms with E-state index in [1.807, 2.05) is 0 Å². The Labute approximate surface area is 157 Å². The number of hydrogen-bond acceptors (Lipinski definition) is 1. The molecule has 0 amide bonds. The average molecular weight is 354 g/mol. The molecule has 1 aromatic rings. The molecule has 0 saturated carbocycles. The Hall–Kier alpha value is -0.530. The number of benzene rings is 1. The lowest BCUT2D eigenvalue weighted by Gasteiger charge is -2.13. The van der Waals surface area contributed by atoms with Crippen LogP contribution in [0.3, 0.4) is 0 Å². The van der Waals surface area contributed by atoms with Crippen LogP contribution in [0.25, 0.3) is 0 Å². The molecule has 0 bridgehead atoms. The maximum absolute atomic E-state index is 3.63. The molecule has 0 aliphatic heterocycles. The van der Waals surface area contributed by atoms with E-state index < -0.39 is 0 Å². The summed E-state index contributed by atoms with van der Waals surface area (Å²) in [5.74, 6) is 0. The fourth-order valence-corrected chi connectivity index (χ4v) is 3.14. The van der Waals surface area contributed by atoms with Gasteiger partial charge in [0.2, 0.25) is 0 Å². The molecule has 1 nitrogen and oxygen atoms in total. The van der Waals surface area contributed by atoms with Gasteiger partial charge < -0.3 is 5.32 Å². The Kier molecular flexibility index (Phi) is 16.9. The molecule has 140 valence electrons. The molecule has 1 atom stereocenters. The van der Waals surface area contributed by atoms with Gasteiger partial charge in [0.15, 0.2) is 0 Å². The Bertz CT molecular complexity index is 352. The lowest BCUT2D eigenvalue weighted by Crippen LogP contribution is -2.19. The molecule has 1 aromatic carbocycles. The Morgan fingerprint density at radius 1 is 0.708 bits per heavy atom. The number of nitrogens with one attached hydrogen (secondary N) is 1. The second-order valence-corrected chi connectivity index (χ2v) is 6.98. The predicted octanol–water partition coefficient (Wildman–Crippen LogP) is 7.46. The van der Waals surface area contributed by atoms with E-state index in [0.717, 1.165) is 6.54 Å². The van der Waals surface area contributed by atoms with Crippen LogP contribution in [-0.4, -0.2) is 6.54 Å². The summed E-state index contributed by atoms with van der Waals surface area (Å²) in [6, 6.07) is 11.2. The minimum atomic E-state index is 0. The van der Waals surface area contributed by atoms with Gasteiger partial charge in [-0.1, -0.05) is 108 Å². The van der Waals surface area contributed by atoms with Gasteiger partial charge in [0.05, 0.1) is 0 Å². The topological polar surface area (TPSA) is 12.0 Å². The van der Waals surface area contributed by atoms with Crippen LogP contribution in [0, 0.1) is 0 Å². The Morgan fingerprint density at radius 3 is 1.67 bits per heavy atom. The minimum Gasteiger partial charge on any atom is -0.310 e. The van der Waals surface area contributed by atoms with Crippen LogP contribution >= 0.6 is 12.4 Å². The van der Waals surface area contributed by atoms with Gasteiger partial charge in [-0.15, -0.1) is 12.4 Å². The van der Waals surface area contributed by atoms with Gasteiger partial charge in [0.1, 0.15) is 0 Å². The number of halogens is 1. The van der Waals surface area contributed by atoms with Crippen molar-refractivity contribution in [3.8, 4) is 0 Å². The molecule has 0 fully saturated rings. The van der Waals surface area contributed by atoms with Crippen molar-refractivity contribution in [1.29, 1.82) is 0 Å². The van der Waals surface area contributed by atoms with Crippen molar-refractivity contribution in [3.05, 3.63) is 35.9 Å². The van der Waals surface area contributed by atoms with E-state index in [1.165, 1.54) is 82.6 Å². The molecular formula is C22H40ClN. The second-order valence-electron chi connectivity index (χ2n) is 6.98. The third-order valence-corrected chi connectivity index (χ3v) is 4.78. The molecule has 1 rings (SSSR count). The van der Waals surface area contributed by atoms with Crippen molar-refractivity contribution in [2.45, 2.75) is 96.9 Å². The van der Waals surface area contributed by atoms with E-state index in [-0.39, 0.29) is 12.4 Å². The SMILES string of the molecule is CCCCCCCCCCCCCCNC(C)c1ccccc1.Cl. The van der Waals surface area contributed by atoms with Crippen molar-refractivity contribution in [3.63, 3.8) is 0 Å². The fourth-order valence-electron chi connectivity index (χ4n) is 3.14. The number of unbranched alkanes of at least 4 members (excludes halogenated alkanes) is 11.